The monoisotopic (exact) mass is 167 g/mol. The molecule has 1 rings (SSSR count). The first-order chi connectivity index (χ1) is 5.86. The second kappa shape index (κ2) is 5.36. The SMILES string of the molecule is C=CC(CN)CC1CCCCC1. The summed E-state index contributed by atoms with van der Waals surface area (Å²) in [7, 11) is 0. The molecule has 1 fully saturated rings. The maximum Gasteiger partial charge on any atom is -0.00142 e. The lowest BCUT2D eigenvalue weighted by Crippen LogP contribution is -2.17. The zero-order valence-electron chi connectivity index (χ0n) is 7.97. The second-order valence-corrected chi connectivity index (χ2v) is 3.97. The van der Waals surface area contributed by atoms with Gasteiger partial charge in [0.1, 0.15) is 0 Å². The Morgan fingerprint density at radius 2 is 2.00 bits per heavy atom. The van der Waals surface area contributed by atoms with Gasteiger partial charge in [-0.05, 0) is 24.8 Å². The lowest BCUT2D eigenvalue weighted by Gasteiger charge is -2.24. The van der Waals surface area contributed by atoms with E-state index in [1.807, 2.05) is 6.08 Å². The second-order valence-electron chi connectivity index (χ2n) is 3.97. The third kappa shape index (κ3) is 2.98. The molecule has 0 heterocycles. The molecule has 70 valence electrons. The van der Waals surface area contributed by atoms with Crippen LogP contribution in [0.3, 0.4) is 0 Å². The topological polar surface area (TPSA) is 26.0 Å². The van der Waals surface area contributed by atoms with Crippen LogP contribution >= 0.6 is 0 Å². The van der Waals surface area contributed by atoms with Gasteiger partial charge in [-0.2, -0.15) is 0 Å². The Bertz CT molecular complexity index is 125. The van der Waals surface area contributed by atoms with Crippen molar-refractivity contribution in [3.8, 4) is 0 Å². The maximum absolute atomic E-state index is 5.63. The van der Waals surface area contributed by atoms with Gasteiger partial charge in [0.2, 0.25) is 0 Å². The molecule has 0 spiro atoms. The predicted octanol–water partition coefficient (Wildman–Crippen LogP) is 2.72. The van der Waals surface area contributed by atoms with Gasteiger partial charge < -0.3 is 5.73 Å². The third-order valence-corrected chi connectivity index (χ3v) is 3.00. The van der Waals surface area contributed by atoms with E-state index in [1.54, 1.807) is 0 Å². The van der Waals surface area contributed by atoms with Crippen molar-refractivity contribution in [1.29, 1.82) is 0 Å². The highest BCUT2D eigenvalue weighted by Crippen LogP contribution is 2.28. The molecule has 0 radical (unpaired) electrons. The zero-order chi connectivity index (χ0) is 8.81. The van der Waals surface area contributed by atoms with Crippen molar-refractivity contribution < 1.29 is 0 Å². The van der Waals surface area contributed by atoms with Gasteiger partial charge in [0.05, 0.1) is 0 Å². The van der Waals surface area contributed by atoms with E-state index < -0.39 is 0 Å². The Hall–Kier alpha value is -0.300. The highest BCUT2D eigenvalue weighted by Gasteiger charge is 2.15. The molecular formula is C11H21N. The number of nitrogens with two attached hydrogens (primary N) is 1. The van der Waals surface area contributed by atoms with Gasteiger partial charge in [-0.25, -0.2) is 0 Å². The molecule has 1 saturated carbocycles. The molecule has 2 N–H and O–H groups in total. The van der Waals surface area contributed by atoms with Crippen molar-refractivity contribution in [2.45, 2.75) is 38.5 Å². The summed E-state index contributed by atoms with van der Waals surface area (Å²) in [5.41, 5.74) is 5.63. The fourth-order valence-corrected chi connectivity index (χ4v) is 2.14. The van der Waals surface area contributed by atoms with Crippen LogP contribution in [0.1, 0.15) is 38.5 Å². The van der Waals surface area contributed by atoms with Gasteiger partial charge in [0.15, 0.2) is 0 Å². The largest absolute Gasteiger partial charge is 0.330 e. The quantitative estimate of drug-likeness (QED) is 0.640. The Balaban J connectivity index is 2.22. The molecule has 0 aliphatic heterocycles. The Morgan fingerprint density at radius 3 is 2.50 bits per heavy atom. The van der Waals surface area contributed by atoms with Crippen LogP contribution in [0.2, 0.25) is 0 Å². The molecule has 0 aromatic rings. The first-order valence-electron chi connectivity index (χ1n) is 5.19. The van der Waals surface area contributed by atoms with Gasteiger partial charge in [0, 0.05) is 0 Å². The van der Waals surface area contributed by atoms with E-state index in [2.05, 4.69) is 6.58 Å². The first kappa shape index (κ1) is 9.79. The van der Waals surface area contributed by atoms with Gasteiger partial charge in [-0.1, -0.05) is 38.2 Å². The van der Waals surface area contributed by atoms with Crippen molar-refractivity contribution >= 4 is 0 Å². The van der Waals surface area contributed by atoms with Crippen molar-refractivity contribution in [2.24, 2.45) is 17.6 Å². The summed E-state index contributed by atoms with van der Waals surface area (Å²) in [6.07, 6.45) is 10.4. The molecule has 1 unspecified atom stereocenters. The average molecular weight is 167 g/mol. The average Bonchev–Trinajstić information content (AvgIpc) is 2.16. The van der Waals surface area contributed by atoms with Crippen molar-refractivity contribution in [2.75, 3.05) is 6.54 Å². The molecular weight excluding hydrogens is 146 g/mol. The molecule has 1 atom stereocenters. The Labute approximate surface area is 76.0 Å². The standard InChI is InChI=1S/C11H21N/c1-2-10(9-12)8-11-6-4-3-5-7-11/h2,10-11H,1,3-9,12H2. The highest BCUT2D eigenvalue weighted by atomic mass is 14.5. The van der Waals surface area contributed by atoms with Crippen LogP contribution in [-0.4, -0.2) is 6.54 Å². The van der Waals surface area contributed by atoms with Crippen LogP contribution in [0.4, 0.5) is 0 Å². The molecule has 0 aromatic carbocycles. The van der Waals surface area contributed by atoms with E-state index in [4.69, 9.17) is 5.73 Å². The molecule has 0 amide bonds. The zero-order valence-corrected chi connectivity index (χ0v) is 7.97. The van der Waals surface area contributed by atoms with Gasteiger partial charge in [-0.3, -0.25) is 0 Å². The molecule has 1 aliphatic carbocycles. The molecule has 1 nitrogen and oxygen atoms in total. The predicted molar refractivity (Wildman–Crippen MR) is 53.9 cm³/mol. The van der Waals surface area contributed by atoms with Crippen molar-refractivity contribution in [3.63, 3.8) is 0 Å². The molecule has 0 aromatic heterocycles. The maximum atomic E-state index is 5.63. The van der Waals surface area contributed by atoms with Gasteiger partial charge in [0.25, 0.3) is 0 Å². The summed E-state index contributed by atoms with van der Waals surface area (Å²) in [5.74, 6) is 1.50. The molecule has 12 heavy (non-hydrogen) atoms. The summed E-state index contributed by atoms with van der Waals surface area (Å²) < 4.78 is 0. The van der Waals surface area contributed by atoms with Crippen LogP contribution in [-0.2, 0) is 0 Å². The van der Waals surface area contributed by atoms with Crippen LogP contribution < -0.4 is 5.73 Å². The van der Waals surface area contributed by atoms with E-state index >= 15 is 0 Å². The van der Waals surface area contributed by atoms with E-state index in [1.165, 1.54) is 38.5 Å². The lowest BCUT2D eigenvalue weighted by molar-refractivity contribution is 0.311. The molecule has 0 bridgehead atoms. The fraction of sp³-hybridized carbons (Fsp3) is 0.818. The minimum absolute atomic E-state index is 0.563. The summed E-state index contributed by atoms with van der Waals surface area (Å²) in [6, 6.07) is 0. The summed E-state index contributed by atoms with van der Waals surface area (Å²) in [6.45, 7) is 4.60. The first-order valence-corrected chi connectivity index (χ1v) is 5.19. The van der Waals surface area contributed by atoms with E-state index in [0.29, 0.717) is 5.92 Å². The van der Waals surface area contributed by atoms with Crippen LogP contribution in [0.5, 0.6) is 0 Å². The Morgan fingerprint density at radius 1 is 1.33 bits per heavy atom. The minimum Gasteiger partial charge on any atom is -0.330 e. The molecule has 1 aliphatic rings. The summed E-state index contributed by atoms with van der Waals surface area (Å²) in [4.78, 5) is 0. The Kier molecular flexibility index (Phi) is 4.37. The van der Waals surface area contributed by atoms with Crippen LogP contribution in [0, 0.1) is 11.8 Å². The molecule has 0 saturated heterocycles. The third-order valence-electron chi connectivity index (χ3n) is 3.00. The smallest absolute Gasteiger partial charge is 0.00142 e. The van der Waals surface area contributed by atoms with Gasteiger partial charge >= 0.3 is 0 Å². The highest BCUT2D eigenvalue weighted by molar-refractivity contribution is 4.82. The van der Waals surface area contributed by atoms with Crippen molar-refractivity contribution in [1.82, 2.24) is 0 Å². The van der Waals surface area contributed by atoms with E-state index in [9.17, 15) is 0 Å². The van der Waals surface area contributed by atoms with E-state index in [-0.39, 0.29) is 0 Å². The number of hydrogen-bond donors (Lipinski definition) is 1. The fourth-order valence-electron chi connectivity index (χ4n) is 2.14. The normalized spacial score (nSPS) is 22.1. The van der Waals surface area contributed by atoms with Crippen molar-refractivity contribution in [3.05, 3.63) is 12.7 Å². The van der Waals surface area contributed by atoms with Gasteiger partial charge in [-0.15, -0.1) is 6.58 Å². The molecule has 1 heteroatoms. The minimum atomic E-state index is 0.563. The number of rotatable bonds is 4. The number of hydrogen-bond acceptors (Lipinski definition) is 1. The van der Waals surface area contributed by atoms with Crippen LogP contribution in [0.15, 0.2) is 12.7 Å². The summed E-state index contributed by atoms with van der Waals surface area (Å²) >= 11 is 0. The summed E-state index contributed by atoms with van der Waals surface area (Å²) in [5, 5.41) is 0. The lowest BCUT2D eigenvalue weighted by atomic mass is 9.83. The van der Waals surface area contributed by atoms with Crippen LogP contribution in [0.25, 0.3) is 0 Å². The van der Waals surface area contributed by atoms with E-state index in [0.717, 1.165) is 12.5 Å².